The molecule has 0 radical (unpaired) electrons. The number of thioether (sulfide) groups is 1. The molecule has 30 heavy (non-hydrogen) atoms. The smallest absolute Gasteiger partial charge is 0.353 e. The van der Waals surface area contributed by atoms with Gasteiger partial charge in [-0.1, -0.05) is 35.5 Å². The van der Waals surface area contributed by atoms with Gasteiger partial charge in [0.05, 0.1) is 12.1 Å². The molecule has 11 heteroatoms. The molecule has 0 bridgehead atoms. The zero-order valence-corrected chi connectivity index (χ0v) is 16.7. The molecular formula is C19H19N3O7S. The molecule has 2 amide bonds. The van der Waals surface area contributed by atoms with Crippen LogP contribution in [0.3, 0.4) is 0 Å². The number of fused-ring (bicyclic) bond motifs is 1. The monoisotopic (exact) mass is 433 g/mol. The Morgan fingerprint density at radius 3 is 2.60 bits per heavy atom. The van der Waals surface area contributed by atoms with E-state index < -0.39 is 35.9 Å². The van der Waals surface area contributed by atoms with Crippen LogP contribution in [0.1, 0.15) is 12.5 Å². The second-order valence-corrected chi connectivity index (χ2v) is 7.70. The minimum Gasteiger partial charge on any atom is -0.479 e. The summed E-state index contributed by atoms with van der Waals surface area (Å²) in [5, 5.41) is 24.0. The highest BCUT2D eigenvalue weighted by Gasteiger charge is 2.54. The number of carbonyl (C=O) groups excluding carboxylic acids is 2. The maximum Gasteiger partial charge on any atom is 0.353 e. The highest BCUT2D eigenvalue weighted by atomic mass is 32.2. The van der Waals surface area contributed by atoms with E-state index >= 15 is 0 Å². The van der Waals surface area contributed by atoms with Crippen molar-refractivity contribution in [3.05, 3.63) is 47.2 Å². The van der Waals surface area contributed by atoms with E-state index in [0.29, 0.717) is 0 Å². The number of carbonyl (C=O) groups is 4. The second kappa shape index (κ2) is 8.99. The van der Waals surface area contributed by atoms with E-state index in [1.807, 2.05) is 18.2 Å². The third-order valence-corrected chi connectivity index (χ3v) is 5.80. The van der Waals surface area contributed by atoms with Crippen LogP contribution >= 0.6 is 11.8 Å². The van der Waals surface area contributed by atoms with Crippen molar-refractivity contribution in [3.8, 4) is 0 Å². The zero-order valence-electron chi connectivity index (χ0n) is 15.9. The summed E-state index contributed by atoms with van der Waals surface area (Å²) in [4.78, 5) is 53.0. The first-order valence-electron chi connectivity index (χ1n) is 8.92. The van der Waals surface area contributed by atoms with Gasteiger partial charge < -0.3 is 20.4 Å². The molecule has 2 heterocycles. The fourth-order valence-corrected chi connectivity index (χ4v) is 4.56. The summed E-state index contributed by atoms with van der Waals surface area (Å²) in [6, 6.07) is 8.24. The van der Waals surface area contributed by atoms with Gasteiger partial charge in [0.15, 0.2) is 0 Å². The normalized spacial score (nSPS) is 20.9. The average Bonchev–Trinajstić information content (AvgIpc) is 2.71. The SMILES string of the molecule is CC(=NOCC(=O)O)C1=C(C(=O)O)N2C(=O)[C@@H](NC(=O)Cc3ccccc3)[C@@H]2SC1. The lowest BCUT2D eigenvalue weighted by Crippen LogP contribution is -2.70. The number of rotatable bonds is 8. The Bertz CT molecular complexity index is 945. The average molecular weight is 433 g/mol. The fourth-order valence-electron chi connectivity index (χ4n) is 3.14. The van der Waals surface area contributed by atoms with Crippen molar-refractivity contribution in [2.24, 2.45) is 5.16 Å². The van der Waals surface area contributed by atoms with Gasteiger partial charge in [-0.2, -0.15) is 0 Å². The molecule has 3 rings (SSSR count). The van der Waals surface area contributed by atoms with Crippen molar-refractivity contribution in [2.45, 2.75) is 24.8 Å². The molecule has 0 aromatic heterocycles. The quantitative estimate of drug-likeness (QED) is 0.304. The molecule has 1 aromatic carbocycles. The van der Waals surface area contributed by atoms with Crippen LogP contribution in [0.2, 0.25) is 0 Å². The number of hydrogen-bond donors (Lipinski definition) is 3. The van der Waals surface area contributed by atoms with Gasteiger partial charge in [0, 0.05) is 11.3 Å². The van der Waals surface area contributed by atoms with E-state index in [0.717, 1.165) is 10.5 Å². The van der Waals surface area contributed by atoms with Crippen LogP contribution in [0.4, 0.5) is 0 Å². The molecule has 3 N–H and O–H groups in total. The van der Waals surface area contributed by atoms with Gasteiger partial charge in [-0.05, 0) is 12.5 Å². The molecule has 1 aromatic rings. The molecule has 2 aliphatic rings. The number of nitrogens with zero attached hydrogens (tertiary/aromatic N) is 2. The van der Waals surface area contributed by atoms with Crippen LogP contribution in [0.15, 0.2) is 46.8 Å². The largest absolute Gasteiger partial charge is 0.479 e. The van der Waals surface area contributed by atoms with E-state index in [-0.39, 0.29) is 35.1 Å². The molecule has 1 saturated heterocycles. The molecule has 0 spiro atoms. The third-order valence-electron chi connectivity index (χ3n) is 4.52. The van der Waals surface area contributed by atoms with Gasteiger partial charge in [0.1, 0.15) is 17.1 Å². The number of carboxylic acids is 2. The van der Waals surface area contributed by atoms with Crippen molar-refractivity contribution in [1.29, 1.82) is 0 Å². The van der Waals surface area contributed by atoms with Gasteiger partial charge in [-0.15, -0.1) is 11.8 Å². The molecule has 0 aliphatic carbocycles. The maximum atomic E-state index is 12.6. The molecule has 0 saturated carbocycles. The maximum absolute atomic E-state index is 12.6. The molecule has 1 fully saturated rings. The Labute approximate surface area is 175 Å². The third kappa shape index (κ3) is 4.46. The lowest BCUT2D eigenvalue weighted by molar-refractivity contribution is -0.150. The van der Waals surface area contributed by atoms with Crippen molar-refractivity contribution in [2.75, 3.05) is 12.4 Å². The minimum absolute atomic E-state index is 0.113. The highest BCUT2D eigenvalue weighted by molar-refractivity contribution is 8.00. The molecule has 158 valence electrons. The number of carboxylic acid groups (broad SMARTS) is 2. The molecule has 10 nitrogen and oxygen atoms in total. The van der Waals surface area contributed by atoms with E-state index in [2.05, 4.69) is 15.3 Å². The van der Waals surface area contributed by atoms with Crippen LogP contribution in [0.5, 0.6) is 0 Å². The van der Waals surface area contributed by atoms with Crippen molar-refractivity contribution in [3.63, 3.8) is 0 Å². The number of oxime groups is 1. The Balaban J connectivity index is 1.72. The Kier molecular flexibility index (Phi) is 6.40. The first-order chi connectivity index (χ1) is 14.3. The van der Waals surface area contributed by atoms with E-state index in [4.69, 9.17) is 5.11 Å². The van der Waals surface area contributed by atoms with Gasteiger partial charge in [0.25, 0.3) is 5.91 Å². The summed E-state index contributed by atoms with van der Waals surface area (Å²) in [6.07, 6.45) is 0.113. The number of amides is 2. The Hall–Kier alpha value is -3.34. The second-order valence-electron chi connectivity index (χ2n) is 6.59. The number of β-lactam (4-membered cyclic amide) rings is 1. The molecule has 0 unspecified atom stereocenters. The van der Waals surface area contributed by atoms with E-state index in [1.54, 1.807) is 12.1 Å². The van der Waals surface area contributed by atoms with Crippen LogP contribution in [0.25, 0.3) is 0 Å². The number of benzene rings is 1. The summed E-state index contributed by atoms with van der Waals surface area (Å²) >= 11 is 1.29. The predicted octanol–water partition coefficient (Wildman–Crippen LogP) is 0.445. The summed E-state index contributed by atoms with van der Waals surface area (Å²) < 4.78 is 0. The van der Waals surface area contributed by atoms with Crippen LogP contribution in [0, 0.1) is 0 Å². The molecule has 2 atom stereocenters. The summed E-state index contributed by atoms with van der Waals surface area (Å²) in [5.74, 6) is -3.17. The summed E-state index contributed by atoms with van der Waals surface area (Å²) in [5.41, 5.74) is 0.995. The van der Waals surface area contributed by atoms with Crippen LogP contribution < -0.4 is 5.32 Å². The van der Waals surface area contributed by atoms with Gasteiger partial charge in [-0.3, -0.25) is 14.5 Å². The van der Waals surface area contributed by atoms with Crippen molar-refractivity contribution in [1.82, 2.24) is 10.2 Å². The minimum atomic E-state index is -1.31. The summed E-state index contributed by atoms with van der Waals surface area (Å²) in [7, 11) is 0. The Morgan fingerprint density at radius 2 is 1.97 bits per heavy atom. The first-order valence-corrected chi connectivity index (χ1v) is 9.97. The number of aliphatic carboxylic acids is 2. The summed E-state index contributed by atoms with van der Waals surface area (Å²) in [6.45, 7) is 0.811. The van der Waals surface area contributed by atoms with Crippen molar-refractivity contribution >= 4 is 41.2 Å². The molecular weight excluding hydrogens is 414 g/mol. The van der Waals surface area contributed by atoms with Crippen molar-refractivity contribution < 1.29 is 34.2 Å². The van der Waals surface area contributed by atoms with Gasteiger partial charge >= 0.3 is 11.9 Å². The topological polar surface area (TPSA) is 146 Å². The highest BCUT2D eigenvalue weighted by Crippen LogP contribution is 2.40. The molecule has 2 aliphatic heterocycles. The standard InChI is InChI=1S/C19H19N3O7S/c1-10(21-29-8-14(24)25)12-9-30-18-15(17(26)22(18)16(12)19(27)28)20-13(23)7-11-5-3-2-4-6-11/h2-6,15,18H,7-9H2,1H3,(H,20,23)(H,24,25)(H,27,28)/t15-,18+/m1/s1. The Morgan fingerprint density at radius 1 is 1.27 bits per heavy atom. The van der Waals surface area contributed by atoms with Crippen LogP contribution in [-0.2, 0) is 30.4 Å². The number of nitrogens with one attached hydrogen (secondary N) is 1. The lowest BCUT2D eigenvalue weighted by Gasteiger charge is -2.49. The van der Waals surface area contributed by atoms with E-state index in [9.17, 15) is 24.3 Å². The zero-order chi connectivity index (χ0) is 21.8. The fraction of sp³-hybridized carbons (Fsp3) is 0.316. The van der Waals surface area contributed by atoms with Gasteiger partial charge in [-0.25, -0.2) is 9.59 Å². The number of hydrogen-bond acceptors (Lipinski definition) is 7. The predicted molar refractivity (Wildman–Crippen MR) is 107 cm³/mol. The van der Waals surface area contributed by atoms with Gasteiger partial charge in [0.2, 0.25) is 12.5 Å². The lowest BCUT2D eigenvalue weighted by atomic mass is 10.0. The first kappa shape index (κ1) is 21.4. The van der Waals surface area contributed by atoms with Crippen LogP contribution in [-0.4, -0.2) is 68.4 Å². The van der Waals surface area contributed by atoms with E-state index in [1.165, 1.54) is 18.7 Å².